The maximum absolute atomic E-state index is 2.70. The molecule has 0 bridgehead atoms. The zero-order valence-electron chi connectivity index (χ0n) is 20.1. The minimum atomic E-state index is -2.04. The van der Waals surface area contributed by atoms with Crippen molar-refractivity contribution in [3.8, 4) is 0 Å². The van der Waals surface area contributed by atoms with Crippen LogP contribution in [0.25, 0.3) is 14.1 Å². The minimum absolute atomic E-state index is 0.385. The third kappa shape index (κ3) is 3.51. The van der Waals surface area contributed by atoms with Gasteiger partial charge in [-0.25, -0.2) is 0 Å². The first-order valence-corrected chi connectivity index (χ1v) is 20.4. The van der Waals surface area contributed by atoms with Crippen LogP contribution in [0.4, 0.5) is 0 Å². The van der Waals surface area contributed by atoms with Crippen LogP contribution in [0.1, 0.15) is 50.3 Å². The van der Waals surface area contributed by atoms with Crippen molar-refractivity contribution in [3.63, 3.8) is 0 Å². The first kappa shape index (κ1) is 22.1. The van der Waals surface area contributed by atoms with Gasteiger partial charge in [0.05, 0.1) is 0 Å². The summed E-state index contributed by atoms with van der Waals surface area (Å²) < 4.78 is 3.64. The van der Waals surface area contributed by atoms with E-state index in [4.69, 9.17) is 0 Å². The molecular weight excluding hydrogens is 480 g/mol. The van der Waals surface area contributed by atoms with E-state index >= 15 is 0 Å². The van der Waals surface area contributed by atoms with E-state index in [1.165, 1.54) is 21.9 Å². The van der Waals surface area contributed by atoms with Gasteiger partial charge in [0.2, 0.25) is 0 Å². The van der Waals surface area contributed by atoms with Crippen LogP contribution >= 0.6 is 0 Å². The standard InChI is InChI=1S/C19H13.C9H13.C2H6Si.Zr/c1-2-6-14(7-3-1)18-11-10-17-12-15-8-4-5-9-16(15)13-19(17)18;1-6-5-7(2)9(4)8(6)3;1-3-2;/h1-9,11-13,18H;6H,1-4H3;1-2H3;. The van der Waals surface area contributed by atoms with Crippen LogP contribution in [0.3, 0.4) is 0 Å². The zero-order valence-corrected chi connectivity index (χ0v) is 23.5. The summed E-state index contributed by atoms with van der Waals surface area (Å²) in [6, 6.07) is 25.1. The number of allylic oxidation sites excluding steroid dienone is 5. The Balaban J connectivity index is 1.77. The first-order chi connectivity index (χ1) is 15.4. The molecule has 0 spiro atoms. The van der Waals surface area contributed by atoms with Crippen molar-refractivity contribution in [3.05, 3.63) is 109 Å². The van der Waals surface area contributed by atoms with Crippen LogP contribution in [0.15, 0.2) is 92.8 Å². The molecule has 0 heterocycles. The van der Waals surface area contributed by atoms with Gasteiger partial charge in [-0.15, -0.1) is 0 Å². The second-order valence-corrected chi connectivity index (χ2v) is 26.5. The van der Waals surface area contributed by atoms with E-state index in [0.29, 0.717) is 11.8 Å². The monoisotopic (exact) mass is 510 g/mol. The summed E-state index contributed by atoms with van der Waals surface area (Å²) in [7, 11) is 0. The summed E-state index contributed by atoms with van der Waals surface area (Å²) in [4.78, 5) is 0. The Bertz CT molecular complexity index is 1360. The molecule has 0 aliphatic heterocycles. The van der Waals surface area contributed by atoms with Crippen LogP contribution in [-0.2, 0) is 20.4 Å². The molecule has 0 saturated carbocycles. The quantitative estimate of drug-likeness (QED) is 0.309. The van der Waals surface area contributed by atoms with Crippen molar-refractivity contribution in [2.45, 2.75) is 46.7 Å². The molecule has 0 saturated heterocycles. The molecular formula is C30H32SiZr. The molecule has 2 atom stereocenters. The van der Waals surface area contributed by atoms with E-state index in [1.807, 2.05) is 3.28 Å². The molecule has 2 aliphatic carbocycles. The average molecular weight is 512 g/mol. The Morgan fingerprint density at radius 1 is 0.781 bits per heavy atom. The van der Waals surface area contributed by atoms with Gasteiger partial charge in [-0.3, -0.25) is 0 Å². The van der Waals surface area contributed by atoms with E-state index < -0.39 is 25.8 Å². The molecule has 2 unspecified atom stereocenters. The second kappa shape index (κ2) is 8.54. The van der Waals surface area contributed by atoms with Crippen LogP contribution in [0.5, 0.6) is 0 Å². The van der Waals surface area contributed by atoms with E-state index in [2.05, 4.69) is 114 Å². The molecule has 0 nitrogen and oxygen atoms in total. The third-order valence-corrected chi connectivity index (χ3v) is 25.0. The van der Waals surface area contributed by atoms with Gasteiger partial charge in [0, 0.05) is 0 Å². The topological polar surface area (TPSA) is 0 Å². The van der Waals surface area contributed by atoms with Gasteiger partial charge in [-0.2, -0.15) is 0 Å². The van der Waals surface area contributed by atoms with Gasteiger partial charge in [-0.1, -0.05) is 0 Å². The van der Waals surface area contributed by atoms with Crippen molar-refractivity contribution in [1.29, 1.82) is 0 Å². The number of hydrogen-bond donors (Lipinski definition) is 0. The Morgan fingerprint density at radius 3 is 2.00 bits per heavy atom. The van der Waals surface area contributed by atoms with Crippen molar-refractivity contribution < 1.29 is 20.4 Å². The molecule has 3 aromatic rings. The SMILES string of the molecule is CC1=C(C)C(C)[C]([Zr]([C]2=CC(c3ccccc3)c3cc4ccccc4cc32)=[Si](C)C)=C1C. The molecule has 2 heteroatoms. The second-order valence-electron chi connectivity index (χ2n) is 9.70. The Kier molecular flexibility index (Phi) is 5.89. The molecule has 32 heavy (non-hydrogen) atoms. The molecule has 0 amide bonds. The van der Waals surface area contributed by atoms with Crippen molar-refractivity contribution in [2.75, 3.05) is 0 Å². The molecule has 2 aliphatic rings. The zero-order chi connectivity index (χ0) is 22.6. The molecule has 0 fully saturated rings. The fraction of sp³-hybridized carbons (Fsp3) is 0.267. The fourth-order valence-electron chi connectivity index (χ4n) is 5.70. The normalized spacial score (nSPS) is 20.1. The van der Waals surface area contributed by atoms with Gasteiger partial charge >= 0.3 is 202 Å². The van der Waals surface area contributed by atoms with E-state index in [9.17, 15) is 0 Å². The van der Waals surface area contributed by atoms with Gasteiger partial charge in [-0.05, 0) is 0 Å². The maximum atomic E-state index is 2.70. The Labute approximate surface area is 201 Å². The number of rotatable bonds is 3. The summed E-state index contributed by atoms with van der Waals surface area (Å²) >= 11 is -2.04. The molecule has 160 valence electrons. The van der Waals surface area contributed by atoms with E-state index in [0.717, 1.165) is 0 Å². The Morgan fingerprint density at radius 2 is 1.41 bits per heavy atom. The number of benzene rings is 3. The van der Waals surface area contributed by atoms with E-state index in [1.54, 1.807) is 25.6 Å². The van der Waals surface area contributed by atoms with Gasteiger partial charge < -0.3 is 0 Å². The van der Waals surface area contributed by atoms with Crippen LogP contribution in [0, 0.1) is 5.92 Å². The summed E-state index contributed by atoms with van der Waals surface area (Å²) in [5.74, 6) is 1.01. The van der Waals surface area contributed by atoms with Crippen LogP contribution in [0.2, 0.25) is 13.1 Å². The number of fused-ring (bicyclic) bond motifs is 2. The Hall–Kier alpha value is -1.76. The third-order valence-electron chi connectivity index (χ3n) is 7.71. The van der Waals surface area contributed by atoms with Gasteiger partial charge in [0.15, 0.2) is 0 Å². The van der Waals surface area contributed by atoms with Crippen LogP contribution < -0.4 is 0 Å². The average Bonchev–Trinajstić information content (AvgIpc) is 3.25. The van der Waals surface area contributed by atoms with Crippen LogP contribution in [-0.4, -0.2) is 5.43 Å². The van der Waals surface area contributed by atoms with Gasteiger partial charge in [0.25, 0.3) is 0 Å². The predicted octanol–water partition coefficient (Wildman–Crippen LogP) is 8.46. The molecule has 0 aromatic heterocycles. The van der Waals surface area contributed by atoms with Crippen molar-refractivity contribution in [2.24, 2.45) is 5.92 Å². The molecule has 3 aromatic carbocycles. The first-order valence-electron chi connectivity index (χ1n) is 11.7. The van der Waals surface area contributed by atoms with E-state index in [-0.39, 0.29) is 0 Å². The summed E-state index contributed by atoms with van der Waals surface area (Å²) in [6.07, 6.45) is 2.70. The predicted molar refractivity (Wildman–Crippen MR) is 138 cm³/mol. The van der Waals surface area contributed by atoms with Crippen molar-refractivity contribution >= 4 is 19.5 Å². The molecule has 0 N–H and O–H groups in total. The summed E-state index contributed by atoms with van der Waals surface area (Å²) in [5, 5.41) is 2.74. The summed E-state index contributed by atoms with van der Waals surface area (Å²) in [6.45, 7) is 14.8. The van der Waals surface area contributed by atoms with Gasteiger partial charge in [0.1, 0.15) is 0 Å². The molecule has 0 radical (unpaired) electrons. The number of hydrogen-bond acceptors (Lipinski definition) is 0. The van der Waals surface area contributed by atoms with Crippen molar-refractivity contribution in [1.82, 2.24) is 0 Å². The summed E-state index contributed by atoms with van der Waals surface area (Å²) in [5.41, 5.74) is 8.91. The fourth-order valence-corrected chi connectivity index (χ4v) is 24.1. The molecule has 5 rings (SSSR count).